The van der Waals surface area contributed by atoms with E-state index in [1.165, 1.54) is 0 Å². The van der Waals surface area contributed by atoms with E-state index >= 15 is 0 Å². The molecule has 0 saturated heterocycles. The number of hydrogen-bond acceptors (Lipinski definition) is 1. The van der Waals surface area contributed by atoms with Crippen LogP contribution >= 0.6 is 0 Å². The molecule has 1 unspecified atom stereocenters. The SMILES string of the molecule is O=C1C=CC2(C=CC2)CC1. The lowest BCUT2D eigenvalue weighted by atomic mass is 9.70. The number of allylic oxidation sites excluding steroid dienone is 4. The van der Waals surface area contributed by atoms with Crippen LogP contribution in [0.5, 0.6) is 0 Å². The Bertz CT molecular complexity index is 225. The number of carbonyl (C=O) groups is 1. The van der Waals surface area contributed by atoms with Gasteiger partial charge in [-0.2, -0.15) is 0 Å². The predicted octanol–water partition coefficient (Wildman–Crippen LogP) is 1.85. The minimum absolute atomic E-state index is 0.283. The largest absolute Gasteiger partial charge is 0.295 e. The van der Waals surface area contributed by atoms with E-state index in [1.54, 1.807) is 6.08 Å². The van der Waals surface area contributed by atoms with Crippen LogP contribution in [-0.4, -0.2) is 5.78 Å². The standard InChI is InChI=1S/C9H10O/c10-8-2-6-9(7-3-8)4-1-5-9/h1-2,4,6H,3,5,7H2. The highest BCUT2D eigenvalue weighted by Crippen LogP contribution is 2.41. The summed E-state index contributed by atoms with van der Waals surface area (Å²) in [6, 6.07) is 0. The quantitative estimate of drug-likeness (QED) is 0.462. The van der Waals surface area contributed by atoms with Crippen molar-refractivity contribution in [1.29, 1.82) is 0 Å². The van der Waals surface area contributed by atoms with Gasteiger partial charge < -0.3 is 0 Å². The highest BCUT2D eigenvalue weighted by Gasteiger charge is 2.31. The minimum Gasteiger partial charge on any atom is -0.295 e. The van der Waals surface area contributed by atoms with E-state index in [0.717, 1.165) is 19.3 Å². The van der Waals surface area contributed by atoms with E-state index in [0.29, 0.717) is 5.41 Å². The lowest BCUT2D eigenvalue weighted by molar-refractivity contribution is -0.115. The zero-order valence-electron chi connectivity index (χ0n) is 5.84. The van der Waals surface area contributed by atoms with Crippen LogP contribution in [0.25, 0.3) is 0 Å². The molecule has 0 saturated carbocycles. The maximum Gasteiger partial charge on any atom is 0.155 e. The van der Waals surface area contributed by atoms with Gasteiger partial charge in [-0.15, -0.1) is 0 Å². The van der Waals surface area contributed by atoms with Gasteiger partial charge in [-0.1, -0.05) is 18.2 Å². The van der Waals surface area contributed by atoms with Crippen molar-refractivity contribution in [3.8, 4) is 0 Å². The summed E-state index contributed by atoms with van der Waals surface area (Å²) in [5.41, 5.74) is 0.300. The molecule has 0 aliphatic heterocycles. The van der Waals surface area contributed by atoms with Gasteiger partial charge in [0.1, 0.15) is 0 Å². The molecule has 2 rings (SSSR count). The Morgan fingerprint density at radius 1 is 1.40 bits per heavy atom. The molecule has 0 bridgehead atoms. The van der Waals surface area contributed by atoms with E-state index in [1.807, 2.05) is 0 Å². The number of hydrogen-bond donors (Lipinski definition) is 0. The maximum absolute atomic E-state index is 10.8. The second-order valence-corrected chi connectivity index (χ2v) is 3.14. The average molecular weight is 134 g/mol. The van der Waals surface area contributed by atoms with E-state index in [-0.39, 0.29) is 5.78 Å². The van der Waals surface area contributed by atoms with E-state index in [9.17, 15) is 4.79 Å². The molecule has 0 radical (unpaired) electrons. The minimum atomic E-state index is 0.283. The molecule has 10 heavy (non-hydrogen) atoms. The van der Waals surface area contributed by atoms with Crippen LogP contribution in [0.1, 0.15) is 19.3 Å². The Morgan fingerprint density at radius 2 is 2.20 bits per heavy atom. The van der Waals surface area contributed by atoms with Gasteiger partial charge in [0.05, 0.1) is 0 Å². The molecular weight excluding hydrogens is 124 g/mol. The molecule has 2 aliphatic rings. The first-order valence-electron chi connectivity index (χ1n) is 3.71. The molecule has 0 aromatic heterocycles. The highest BCUT2D eigenvalue weighted by atomic mass is 16.1. The number of rotatable bonds is 0. The van der Waals surface area contributed by atoms with Crippen molar-refractivity contribution in [1.82, 2.24) is 0 Å². The van der Waals surface area contributed by atoms with Crippen molar-refractivity contribution in [2.45, 2.75) is 19.3 Å². The fourth-order valence-corrected chi connectivity index (χ4v) is 1.51. The molecule has 0 heterocycles. The Morgan fingerprint density at radius 3 is 2.60 bits per heavy atom. The summed E-state index contributed by atoms with van der Waals surface area (Å²) < 4.78 is 0. The summed E-state index contributed by atoms with van der Waals surface area (Å²) in [4.78, 5) is 10.8. The molecule has 1 atom stereocenters. The van der Waals surface area contributed by atoms with Gasteiger partial charge in [0, 0.05) is 11.8 Å². The third kappa shape index (κ3) is 0.737. The zero-order chi connectivity index (χ0) is 7.03. The Balaban J connectivity index is 2.22. The van der Waals surface area contributed by atoms with E-state index in [4.69, 9.17) is 0 Å². The van der Waals surface area contributed by atoms with E-state index < -0.39 is 0 Å². The van der Waals surface area contributed by atoms with Gasteiger partial charge >= 0.3 is 0 Å². The first kappa shape index (κ1) is 5.90. The van der Waals surface area contributed by atoms with Crippen LogP contribution in [0.2, 0.25) is 0 Å². The Kier molecular flexibility index (Phi) is 1.07. The number of carbonyl (C=O) groups excluding carboxylic acids is 1. The molecule has 1 heteroatoms. The molecule has 0 fully saturated rings. The van der Waals surface area contributed by atoms with Crippen LogP contribution in [0.3, 0.4) is 0 Å². The van der Waals surface area contributed by atoms with Crippen LogP contribution in [-0.2, 0) is 4.79 Å². The highest BCUT2D eigenvalue weighted by molar-refractivity contribution is 5.90. The lowest BCUT2D eigenvalue weighted by Crippen LogP contribution is -2.24. The topological polar surface area (TPSA) is 17.1 Å². The summed E-state index contributed by atoms with van der Waals surface area (Å²) in [7, 11) is 0. The molecule has 0 N–H and O–H groups in total. The third-order valence-electron chi connectivity index (χ3n) is 2.39. The Hall–Kier alpha value is -0.850. The molecule has 52 valence electrons. The van der Waals surface area contributed by atoms with Crippen molar-refractivity contribution < 1.29 is 4.79 Å². The smallest absolute Gasteiger partial charge is 0.155 e. The molecule has 1 nitrogen and oxygen atoms in total. The first-order chi connectivity index (χ1) is 4.81. The fourth-order valence-electron chi connectivity index (χ4n) is 1.51. The van der Waals surface area contributed by atoms with Crippen LogP contribution in [0, 0.1) is 5.41 Å². The summed E-state index contributed by atoms with van der Waals surface area (Å²) in [6.45, 7) is 0. The molecular formula is C9H10O. The van der Waals surface area contributed by atoms with E-state index in [2.05, 4.69) is 18.2 Å². The van der Waals surface area contributed by atoms with Crippen molar-refractivity contribution in [2.24, 2.45) is 5.41 Å². The molecule has 0 aromatic carbocycles. The maximum atomic E-state index is 10.8. The normalized spacial score (nSPS) is 36.6. The van der Waals surface area contributed by atoms with Gasteiger partial charge in [-0.25, -0.2) is 0 Å². The van der Waals surface area contributed by atoms with Gasteiger partial charge in [-0.05, 0) is 18.9 Å². The first-order valence-corrected chi connectivity index (χ1v) is 3.71. The average Bonchev–Trinajstić information content (AvgIpc) is 1.86. The second-order valence-electron chi connectivity index (χ2n) is 3.14. The third-order valence-corrected chi connectivity index (χ3v) is 2.39. The van der Waals surface area contributed by atoms with Gasteiger partial charge in [0.2, 0.25) is 0 Å². The summed E-state index contributed by atoms with van der Waals surface area (Å²) in [6.07, 6.45) is 11.1. The van der Waals surface area contributed by atoms with Crippen LogP contribution in [0.4, 0.5) is 0 Å². The second kappa shape index (κ2) is 1.82. The molecule has 1 spiro atoms. The lowest BCUT2D eigenvalue weighted by Gasteiger charge is -2.34. The van der Waals surface area contributed by atoms with Crippen LogP contribution < -0.4 is 0 Å². The monoisotopic (exact) mass is 134 g/mol. The predicted molar refractivity (Wildman–Crippen MR) is 39.6 cm³/mol. The van der Waals surface area contributed by atoms with Crippen LogP contribution in [0.15, 0.2) is 24.3 Å². The fraction of sp³-hybridized carbons (Fsp3) is 0.444. The molecule has 0 amide bonds. The van der Waals surface area contributed by atoms with Crippen molar-refractivity contribution >= 4 is 5.78 Å². The zero-order valence-corrected chi connectivity index (χ0v) is 5.84. The summed E-state index contributed by atoms with van der Waals surface area (Å²) in [5.74, 6) is 0.283. The Labute approximate surface area is 60.4 Å². The van der Waals surface area contributed by atoms with Gasteiger partial charge in [-0.3, -0.25) is 4.79 Å². The summed E-state index contributed by atoms with van der Waals surface area (Å²) in [5, 5.41) is 0. The van der Waals surface area contributed by atoms with Crippen molar-refractivity contribution in [3.05, 3.63) is 24.3 Å². The molecule has 0 aromatic rings. The summed E-state index contributed by atoms with van der Waals surface area (Å²) >= 11 is 0. The molecule has 2 aliphatic carbocycles. The number of ketones is 1. The van der Waals surface area contributed by atoms with Gasteiger partial charge in [0.15, 0.2) is 5.78 Å². The van der Waals surface area contributed by atoms with Crippen molar-refractivity contribution in [2.75, 3.05) is 0 Å². The van der Waals surface area contributed by atoms with Crippen molar-refractivity contribution in [3.63, 3.8) is 0 Å². The van der Waals surface area contributed by atoms with Gasteiger partial charge in [0.25, 0.3) is 0 Å².